The Labute approximate surface area is 231 Å². The van der Waals surface area contributed by atoms with Crippen molar-refractivity contribution in [3.8, 4) is 11.5 Å². The first kappa shape index (κ1) is 29.3. The summed E-state index contributed by atoms with van der Waals surface area (Å²) in [5.74, 6) is -3.20. The quantitative estimate of drug-likeness (QED) is 0.304. The van der Waals surface area contributed by atoms with E-state index in [9.17, 15) is 27.8 Å². The summed E-state index contributed by atoms with van der Waals surface area (Å²) in [6, 6.07) is 7.57. The van der Waals surface area contributed by atoms with E-state index in [0.29, 0.717) is 37.6 Å². The van der Waals surface area contributed by atoms with Gasteiger partial charge in [0.2, 0.25) is 6.41 Å². The third-order valence-corrected chi connectivity index (χ3v) is 8.70. The number of fused-ring (bicyclic) bond motifs is 2. The zero-order valence-corrected chi connectivity index (χ0v) is 22.7. The maximum atomic E-state index is 14.7. The van der Waals surface area contributed by atoms with Crippen molar-refractivity contribution >= 4 is 34.9 Å². The molecule has 0 saturated carbocycles. The van der Waals surface area contributed by atoms with Crippen LogP contribution in [0.15, 0.2) is 41.3 Å². The summed E-state index contributed by atoms with van der Waals surface area (Å²) in [5, 5.41) is 9.70. The molecule has 0 spiro atoms. The van der Waals surface area contributed by atoms with E-state index in [-0.39, 0.29) is 23.2 Å². The van der Waals surface area contributed by atoms with Gasteiger partial charge in [0.1, 0.15) is 22.3 Å². The van der Waals surface area contributed by atoms with Gasteiger partial charge in [0.25, 0.3) is 5.91 Å². The van der Waals surface area contributed by atoms with Crippen LogP contribution >= 0.6 is 11.6 Å². The van der Waals surface area contributed by atoms with Crippen LogP contribution in [-0.4, -0.2) is 93.9 Å². The Bertz CT molecular complexity index is 1200. The van der Waals surface area contributed by atoms with Crippen molar-refractivity contribution < 1.29 is 37.3 Å². The lowest BCUT2D eigenvalue weighted by Gasteiger charge is -2.45. The van der Waals surface area contributed by atoms with Gasteiger partial charge in [0, 0.05) is 37.2 Å². The molecule has 5 rings (SSSR count). The number of amides is 2. The molecule has 2 N–H and O–H groups in total. The number of likely N-dealkylation sites (tertiary alicyclic amines) is 1. The van der Waals surface area contributed by atoms with E-state index in [4.69, 9.17) is 21.1 Å². The van der Waals surface area contributed by atoms with E-state index >= 15 is 0 Å². The van der Waals surface area contributed by atoms with Crippen molar-refractivity contribution in [2.24, 2.45) is 0 Å². The van der Waals surface area contributed by atoms with Gasteiger partial charge in [0.05, 0.1) is 18.1 Å². The fourth-order valence-electron chi connectivity index (χ4n) is 5.00. The minimum Gasteiger partial charge on any atom is -0.451 e. The van der Waals surface area contributed by atoms with Gasteiger partial charge in [-0.05, 0) is 56.3 Å². The first-order chi connectivity index (χ1) is 18.7. The predicted octanol–water partition coefficient (Wildman–Crippen LogP) is 2.56. The molecule has 0 aromatic heterocycles. The van der Waals surface area contributed by atoms with E-state index in [2.05, 4.69) is 0 Å². The Morgan fingerprint density at radius 2 is 1.87 bits per heavy atom. The van der Waals surface area contributed by atoms with Crippen LogP contribution in [0.2, 0.25) is 5.02 Å². The summed E-state index contributed by atoms with van der Waals surface area (Å²) >= 11 is 5.80. The van der Waals surface area contributed by atoms with E-state index < -0.39 is 39.8 Å². The standard InChI is InChI=1S/C20H20ClF2N3O4S.C5H9NO2/c1-25-10-13-6-7-20(11-25,19(27)24-28)26(13)31(29)15-8-16(22)18(17(23)9-15)30-14-4-2-12(21)3-5-14;7-5-6-1-3-8-4-2-6/h2-5,8-9,13,28H,6-7,10-11H2,1H3,(H,24,27);5H,1-4H2. The highest BCUT2D eigenvalue weighted by molar-refractivity contribution is 7.82. The van der Waals surface area contributed by atoms with Crippen molar-refractivity contribution in [1.29, 1.82) is 0 Å². The molecule has 3 unspecified atom stereocenters. The van der Waals surface area contributed by atoms with Crippen LogP contribution in [0.1, 0.15) is 12.8 Å². The second-order valence-electron chi connectivity index (χ2n) is 9.46. The lowest BCUT2D eigenvalue weighted by molar-refractivity contribution is -0.141. The topological polar surface area (TPSA) is 112 Å². The van der Waals surface area contributed by atoms with Crippen LogP contribution in [0.4, 0.5) is 8.78 Å². The molecule has 2 amide bonds. The first-order valence-corrected chi connectivity index (χ1v) is 13.7. The van der Waals surface area contributed by atoms with E-state index in [1.54, 1.807) is 10.4 Å². The molecule has 10 nitrogen and oxygen atoms in total. The number of ether oxygens (including phenoxy) is 2. The Morgan fingerprint density at radius 1 is 1.23 bits per heavy atom. The monoisotopic (exact) mass is 586 g/mol. The van der Waals surface area contributed by atoms with E-state index in [1.165, 1.54) is 28.6 Å². The smallest absolute Gasteiger partial charge is 0.266 e. The van der Waals surface area contributed by atoms with Crippen molar-refractivity contribution in [2.75, 3.05) is 46.4 Å². The van der Waals surface area contributed by atoms with Gasteiger partial charge in [-0.3, -0.25) is 14.8 Å². The number of benzene rings is 2. The third-order valence-electron chi connectivity index (χ3n) is 6.80. The van der Waals surface area contributed by atoms with Crippen LogP contribution < -0.4 is 10.2 Å². The highest BCUT2D eigenvalue weighted by Crippen LogP contribution is 2.42. The summed E-state index contributed by atoms with van der Waals surface area (Å²) in [6.45, 7) is 3.66. The molecule has 2 aromatic rings. The van der Waals surface area contributed by atoms with Gasteiger partial charge in [-0.2, -0.15) is 4.31 Å². The summed E-state index contributed by atoms with van der Waals surface area (Å²) in [6.07, 6.45) is 1.79. The van der Waals surface area contributed by atoms with Crippen molar-refractivity contribution in [3.05, 3.63) is 53.1 Å². The molecule has 2 aromatic carbocycles. The molecular weight excluding hydrogens is 558 g/mol. The van der Waals surface area contributed by atoms with Crippen molar-refractivity contribution in [3.63, 3.8) is 0 Å². The van der Waals surface area contributed by atoms with Crippen molar-refractivity contribution in [1.82, 2.24) is 19.6 Å². The van der Waals surface area contributed by atoms with Crippen LogP contribution in [0.3, 0.4) is 0 Å². The minimum absolute atomic E-state index is 0.134. The maximum Gasteiger partial charge on any atom is 0.266 e. The zero-order chi connectivity index (χ0) is 28.2. The van der Waals surface area contributed by atoms with Gasteiger partial charge < -0.3 is 19.3 Å². The second-order valence-corrected chi connectivity index (χ2v) is 11.3. The highest BCUT2D eigenvalue weighted by Gasteiger charge is 2.58. The summed E-state index contributed by atoms with van der Waals surface area (Å²) < 4.78 is 54.6. The number of hydrogen-bond acceptors (Lipinski definition) is 7. The average molecular weight is 587 g/mol. The normalized spacial score (nSPS) is 23.9. The molecule has 212 valence electrons. The molecule has 3 aliphatic rings. The number of nitrogens with zero attached hydrogens (tertiary/aromatic N) is 3. The summed E-state index contributed by atoms with van der Waals surface area (Å²) in [4.78, 5) is 26.0. The third kappa shape index (κ3) is 6.39. The van der Waals surface area contributed by atoms with Gasteiger partial charge in [-0.25, -0.2) is 18.5 Å². The van der Waals surface area contributed by atoms with Crippen LogP contribution in [0, 0.1) is 11.6 Å². The Balaban J connectivity index is 0.000000379. The average Bonchev–Trinajstić information content (AvgIpc) is 3.19. The Kier molecular flexibility index (Phi) is 9.51. The van der Waals surface area contributed by atoms with Crippen molar-refractivity contribution in [2.45, 2.75) is 29.3 Å². The molecule has 3 saturated heterocycles. The number of rotatable bonds is 6. The number of nitrogens with one attached hydrogen (secondary N) is 1. The van der Waals surface area contributed by atoms with E-state index in [1.807, 2.05) is 11.9 Å². The summed E-state index contributed by atoms with van der Waals surface area (Å²) in [5.41, 5.74) is 0.393. The van der Waals surface area contributed by atoms with Gasteiger partial charge in [-0.15, -0.1) is 0 Å². The number of halogens is 3. The number of hydroxylamine groups is 1. The number of hydrogen-bond donors (Lipinski definition) is 2. The second kappa shape index (κ2) is 12.7. The summed E-state index contributed by atoms with van der Waals surface area (Å²) in [7, 11) is -0.221. The van der Waals surface area contributed by atoms with Gasteiger partial charge in [0.15, 0.2) is 17.4 Å². The van der Waals surface area contributed by atoms with Gasteiger partial charge in [-0.1, -0.05) is 11.6 Å². The largest absolute Gasteiger partial charge is 0.451 e. The number of likely N-dealkylation sites (N-methyl/N-ethyl adjacent to an activating group) is 1. The molecule has 3 fully saturated rings. The molecule has 0 radical (unpaired) electrons. The van der Waals surface area contributed by atoms with Gasteiger partial charge >= 0.3 is 0 Å². The lowest BCUT2D eigenvalue weighted by Crippen LogP contribution is -2.66. The molecule has 3 aliphatic heterocycles. The Morgan fingerprint density at radius 3 is 2.44 bits per heavy atom. The highest BCUT2D eigenvalue weighted by atomic mass is 35.5. The lowest BCUT2D eigenvalue weighted by atomic mass is 9.96. The maximum absolute atomic E-state index is 14.7. The molecule has 3 heterocycles. The fourth-order valence-corrected chi connectivity index (χ4v) is 6.76. The Hall–Kier alpha value is -2.68. The van der Waals surface area contributed by atoms with E-state index in [0.717, 1.165) is 31.6 Å². The number of carbonyl (C=O) groups excluding carboxylic acids is 2. The molecule has 39 heavy (non-hydrogen) atoms. The zero-order valence-electron chi connectivity index (χ0n) is 21.1. The van der Waals surface area contributed by atoms with Crippen LogP contribution in [-0.2, 0) is 25.3 Å². The fraction of sp³-hybridized carbons (Fsp3) is 0.440. The predicted molar refractivity (Wildman–Crippen MR) is 138 cm³/mol. The molecule has 3 atom stereocenters. The number of piperazine rings is 1. The van der Waals surface area contributed by atoms with Crippen LogP contribution in [0.5, 0.6) is 11.5 Å². The minimum atomic E-state index is -2.04. The SMILES string of the molecule is CN1CC2CCC(C(=O)NO)(C1)N2S(=O)c1cc(F)c(Oc2ccc(Cl)cc2)c(F)c1.O=CN1CCOCC1. The molecular formula is C25H29ClF2N4O6S. The number of carbonyl (C=O) groups is 2. The van der Waals surface area contributed by atoms with Crippen LogP contribution in [0.25, 0.3) is 0 Å². The molecule has 0 aliphatic carbocycles. The number of morpholine rings is 1. The molecule has 2 bridgehead atoms. The molecule has 14 heteroatoms. The first-order valence-electron chi connectivity index (χ1n) is 12.2.